The molecule has 6 heteroatoms. The predicted molar refractivity (Wildman–Crippen MR) is 65.0 cm³/mol. The van der Waals surface area contributed by atoms with Crippen LogP contribution in [0, 0.1) is 0 Å². The zero-order valence-corrected chi connectivity index (χ0v) is 9.80. The lowest BCUT2D eigenvalue weighted by molar-refractivity contribution is 0.475. The van der Waals surface area contributed by atoms with E-state index >= 15 is 0 Å². The van der Waals surface area contributed by atoms with Crippen molar-refractivity contribution in [2.24, 2.45) is 0 Å². The lowest BCUT2D eigenvalue weighted by Crippen LogP contribution is -2.07. The second kappa shape index (κ2) is 5.40. The van der Waals surface area contributed by atoms with Gasteiger partial charge in [0.15, 0.2) is 0 Å². The van der Waals surface area contributed by atoms with E-state index in [1.807, 2.05) is 0 Å². The molecule has 5 nitrogen and oxygen atoms in total. The lowest BCUT2D eigenvalue weighted by atomic mass is 10.1. The molecule has 0 spiro atoms. The normalized spacial score (nSPS) is 10.1. The molecule has 0 atom stereocenters. The molecular formula is C11H11N3O2S. The smallest absolute Gasteiger partial charge is 0.115 e. The van der Waals surface area contributed by atoms with Crippen molar-refractivity contribution >= 4 is 16.1 Å². The maximum absolute atomic E-state index is 11.0. The van der Waals surface area contributed by atoms with Crippen LogP contribution >= 0.6 is 0 Å². The minimum Gasteiger partial charge on any atom is -0.508 e. The average Bonchev–Trinajstić information content (AvgIpc) is 2.85. The molecule has 1 heterocycles. The Hall–Kier alpha value is -1.95. The summed E-state index contributed by atoms with van der Waals surface area (Å²) in [4.78, 5) is 0.723. The summed E-state index contributed by atoms with van der Waals surface area (Å²) < 4.78 is 12.7. The van der Waals surface area contributed by atoms with Gasteiger partial charge in [0, 0.05) is 19.2 Å². The molecule has 2 aromatic rings. The molecule has 0 aliphatic carbocycles. The van der Waals surface area contributed by atoms with Crippen LogP contribution in [0.1, 0.15) is 12.0 Å². The number of rotatable bonds is 4. The van der Waals surface area contributed by atoms with Crippen molar-refractivity contribution < 1.29 is 9.32 Å². The highest BCUT2D eigenvalue weighted by Crippen LogP contribution is 2.11. The van der Waals surface area contributed by atoms with Crippen LogP contribution in [0.15, 0.2) is 36.7 Å². The second-order valence-corrected chi connectivity index (χ2v) is 4.13. The van der Waals surface area contributed by atoms with Gasteiger partial charge in [0.05, 0.1) is 22.3 Å². The molecule has 88 valence electrons. The molecule has 1 aromatic heterocycles. The minimum atomic E-state index is 0.195. The third-order valence-corrected chi connectivity index (χ3v) is 2.97. The molecule has 0 amide bonds. The summed E-state index contributed by atoms with van der Waals surface area (Å²) in [6.07, 6.45) is 3.96. The molecule has 0 aliphatic rings. The van der Waals surface area contributed by atoms with Gasteiger partial charge >= 0.3 is 0 Å². The monoisotopic (exact) mass is 249 g/mol. The van der Waals surface area contributed by atoms with E-state index in [0.717, 1.165) is 10.4 Å². The number of hydrogen-bond acceptors (Lipinski definition) is 4. The third kappa shape index (κ3) is 3.01. The highest BCUT2D eigenvalue weighted by molar-refractivity contribution is 7.67. The van der Waals surface area contributed by atoms with Crippen LogP contribution in [0.5, 0.6) is 5.75 Å². The summed E-state index contributed by atoms with van der Waals surface area (Å²) in [7, 11) is 0. The highest BCUT2D eigenvalue weighted by atomic mass is 32.1. The number of hydrogen-bond donors (Lipinski definition) is 1. The first-order chi connectivity index (χ1) is 8.29. The van der Waals surface area contributed by atoms with E-state index in [1.165, 1.54) is 0 Å². The van der Waals surface area contributed by atoms with Crippen molar-refractivity contribution in [2.45, 2.75) is 13.0 Å². The Kier molecular flexibility index (Phi) is 3.66. The van der Waals surface area contributed by atoms with E-state index in [2.05, 4.69) is 10.3 Å². The minimum absolute atomic E-state index is 0.195. The van der Waals surface area contributed by atoms with Crippen LogP contribution in [0.2, 0.25) is 0 Å². The summed E-state index contributed by atoms with van der Waals surface area (Å²) in [5, 5.41) is 16.7. The van der Waals surface area contributed by atoms with Crippen LogP contribution in [-0.2, 0) is 17.8 Å². The van der Waals surface area contributed by atoms with Gasteiger partial charge in [-0.25, -0.2) is 4.21 Å². The number of benzene rings is 1. The van der Waals surface area contributed by atoms with Gasteiger partial charge in [-0.2, -0.15) is 0 Å². The van der Waals surface area contributed by atoms with Crippen molar-refractivity contribution in [3.8, 4) is 5.75 Å². The molecule has 0 aliphatic heterocycles. The first-order valence-corrected chi connectivity index (χ1v) is 5.83. The molecule has 0 fully saturated rings. The van der Waals surface area contributed by atoms with Gasteiger partial charge in [-0.3, -0.25) is 4.68 Å². The number of phenolic OH excluding ortho intramolecular Hbond substituents is 1. The number of aromatic hydroxyl groups is 1. The standard InChI is InChI=1S/C11H11N3O2S/c15-10-3-1-9(2-4-10)11(17-16)5-7-14-8-6-12-13-14/h1-4,6,8,15H,5,7H2. The Morgan fingerprint density at radius 3 is 2.71 bits per heavy atom. The van der Waals surface area contributed by atoms with Crippen molar-refractivity contribution in [2.75, 3.05) is 0 Å². The molecule has 2 rings (SSSR count). The van der Waals surface area contributed by atoms with Gasteiger partial charge < -0.3 is 5.11 Å². The molecule has 1 N–H and O–H groups in total. The summed E-state index contributed by atoms with van der Waals surface area (Å²) in [6, 6.07) is 6.61. The Balaban J connectivity index is 2.07. The molecule has 0 unspecified atom stereocenters. The Bertz CT molecular complexity index is 530. The number of aromatic nitrogens is 3. The van der Waals surface area contributed by atoms with E-state index in [1.54, 1.807) is 41.3 Å². The van der Waals surface area contributed by atoms with Gasteiger partial charge in [-0.15, -0.1) is 5.10 Å². The number of nitrogens with zero attached hydrogens (tertiary/aromatic N) is 3. The summed E-state index contributed by atoms with van der Waals surface area (Å²) in [5.41, 5.74) is 0.836. The molecule has 0 bridgehead atoms. The van der Waals surface area contributed by atoms with E-state index in [9.17, 15) is 9.32 Å². The summed E-state index contributed by atoms with van der Waals surface area (Å²) in [6.45, 7) is 0.617. The van der Waals surface area contributed by atoms with Crippen molar-refractivity contribution in [3.63, 3.8) is 0 Å². The molecule has 1 aromatic carbocycles. The van der Waals surface area contributed by atoms with Crippen LogP contribution in [0.25, 0.3) is 0 Å². The lowest BCUT2D eigenvalue weighted by Gasteiger charge is -2.03. The fourth-order valence-corrected chi connectivity index (χ4v) is 1.86. The SMILES string of the molecule is O=S=C(CCn1ccnn1)c1ccc(O)cc1. The van der Waals surface area contributed by atoms with E-state index in [0.29, 0.717) is 24.2 Å². The van der Waals surface area contributed by atoms with Crippen molar-refractivity contribution in [1.29, 1.82) is 0 Å². The number of phenols is 1. The predicted octanol–water partition coefficient (Wildman–Crippen LogP) is 0.807. The van der Waals surface area contributed by atoms with Crippen LogP contribution in [0.4, 0.5) is 0 Å². The maximum atomic E-state index is 11.0. The zero-order valence-electron chi connectivity index (χ0n) is 8.98. The quantitative estimate of drug-likeness (QED) is 0.643. The number of aryl methyl sites for hydroxylation is 1. The maximum Gasteiger partial charge on any atom is 0.115 e. The molecule has 0 radical (unpaired) electrons. The third-order valence-electron chi connectivity index (χ3n) is 2.33. The largest absolute Gasteiger partial charge is 0.508 e. The fraction of sp³-hybridized carbons (Fsp3) is 0.182. The summed E-state index contributed by atoms with van der Waals surface area (Å²) >= 11 is 0.474. The second-order valence-electron chi connectivity index (χ2n) is 3.47. The fourth-order valence-electron chi connectivity index (χ4n) is 1.45. The Morgan fingerprint density at radius 2 is 2.12 bits per heavy atom. The molecule has 0 saturated heterocycles. The highest BCUT2D eigenvalue weighted by Gasteiger charge is 2.04. The Morgan fingerprint density at radius 1 is 1.35 bits per heavy atom. The van der Waals surface area contributed by atoms with Gasteiger partial charge in [0.1, 0.15) is 5.75 Å². The van der Waals surface area contributed by atoms with Crippen molar-refractivity contribution in [1.82, 2.24) is 15.0 Å². The summed E-state index contributed by atoms with van der Waals surface area (Å²) in [5.74, 6) is 0.195. The van der Waals surface area contributed by atoms with E-state index < -0.39 is 0 Å². The topological polar surface area (TPSA) is 68.0 Å². The van der Waals surface area contributed by atoms with E-state index in [4.69, 9.17) is 0 Å². The average molecular weight is 249 g/mol. The zero-order chi connectivity index (χ0) is 12.1. The van der Waals surface area contributed by atoms with Crippen LogP contribution in [-0.4, -0.2) is 29.2 Å². The van der Waals surface area contributed by atoms with Gasteiger partial charge in [0.2, 0.25) is 0 Å². The van der Waals surface area contributed by atoms with E-state index in [-0.39, 0.29) is 5.75 Å². The van der Waals surface area contributed by atoms with Gasteiger partial charge in [-0.05, 0) is 17.7 Å². The van der Waals surface area contributed by atoms with Gasteiger partial charge in [-0.1, -0.05) is 17.3 Å². The first kappa shape index (κ1) is 11.5. The Labute approximate surface area is 102 Å². The van der Waals surface area contributed by atoms with Crippen molar-refractivity contribution in [3.05, 3.63) is 42.2 Å². The van der Waals surface area contributed by atoms with Gasteiger partial charge in [0.25, 0.3) is 0 Å². The molecule has 0 saturated carbocycles. The molecule has 17 heavy (non-hydrogen) atoms. The molecular weight excluding hydrogens is 238 g/mol. The van der Waals surface area contributed by atoms with Crippen LogP contribution in [0.3, 0.4) is 0 Å². The van der Waals surface area contributed by atoms with Crippen LogP contribution < -0.4 is 0 Å². The first-order valence-electron chi connectivity index (χ1n) is 5.09.